The first kappa shape index (κ1) is 13.0. The van der Waals surface area contributed by atoms with Gasteiger partial charge in [0.25, 0.3) is 0 Å². The summed E-state index contributed by atoms with van der Waals surface area (Å²) in [5, 5.41) is 1.93. The van der Waals surface area contributed by atoms with Gasteiger partial charge in [0.2, 0.25) is 0 Å². The molecule has 2 nitrogen and oxygen atoms in total. The van der Waals surface area contributed by atoms with Crippen LogP contribution in [-0.4, -0.2) is 12.4 Å². The molecule has 0 fully saturated rings. The van der Waals surface area contributed by atoms with Crippen molar-refractivity contribution in [2.75, 3.05) is 6.61 Å². The van der Waals surface area contributed by atoms with Crippen LogP contribution in [0, 0.1) is 0 Å². The number of ether oxygens (including phenoxy) is 1. The van der Waals surface area contributed by atoms with Gasteiger partial charge in [-0.1, -0.05) is 36.4 Å². The van der Waals surface area contributed by atoms with E-state index in [9.17, 15) is 4.79 Å². The average Bonchev–Trinajstić information content (AvgIpc) is 2.93. The molecule has 94 valence electrons. The zero-order valence-corrected chi connectivity index (χ0v) is 11.0. The Hall–Kier alpha value is -1.45. The minimum atomic E-state index is 0.216. The molecule has 18 heavy (non-hydrogen) atoms. The van der Waals surface area contributed by atoms with Gasteiger partial charge in [-0.3, -0.25) is 4.79 Å². The summed E-state index contributed by atoms with van der Waals surface area (Å²) in [6.07, 6.45) is 1.35. The predicted octanol–water partition coefficient (Wildman–Crippen LogP) is 3.93. The van der Waals surface area contributed by atoms with Crippen LogP contribution in [0.5, 0.6) is 0 Å². The molecule has 0 N–H and O–H groups in total. The third kappa shape index (κ3) is 4.09. The van der Waals surface area contributed by atoms with Crippen molar-refractivity contribution in [2.45, 2.75) is 19.4 Å². The summed E-state index contributed by atoms with van der Waals surface area (Å²) >= 11 is 1.50. The molecule has 0 aliphatic heterocycles. The number of rotatable bonds is 7. The van der Waals surface area contributed by atoms with Crippen LogP contribution < -0.4 is 0 Å². The van der Waals surface area contributed by atoms with Crippen molar-refractivity contribution in [3.63, 3.8) is 0 Å². The molecule has 0 amide bonds. The predicted molar refractivity (Wildman–Crippen MR) is 74.0 cm³/mol. The molecule has 1 aromatic carbocycles. The molecular formula is C15H16O2S. The van der Waals surface area contributed by atoms with Crippen molar-refractivity contribution in [1.29, 1.82) is 0 Å². The van der Waals surface area contributed by atoms with Crippen LogP contribution in [0.1, 0.15) is 28.1 Å². The second kappa shape index (κ2) is 7.09. The molecule has 1 aromatic heterocycles. The van der Waals surface area contributed by atoms with Gasteiger partial charge in [-0.15, -0.1) is 11.3 Å². The lowest BCUT2D eigenvalue weighted by Gasteiger charge is -2.03. The van der Waals surface area contributed by atoms with Gasteiger partial charge in [-0.25, -0.2) is 0 Å². The van der Waals surface area contributed by atoms with Gasteiger partial charge in [0, 0.05) is 13.0 Å². The molecule has 0 atom stereocenters. The van der Waals surface area contributed by atoms with Crippen LogP contribution in [0.2, 0.25) is 0 Å². The molecule has 0 radical (unpaired) electrons. The first-order chi connectivity index (χ1) is 8.86. The fourth-order valence-corrected chi connectivity index (χ4v) is 2.35. The molecule has 2 aromatic rings. The molecular weight excluding hydrogens is 244 g/mol. The van der Waals surface area contributed by atoms with Gasteiger partial charge in [0.1, 0.15) is 0 Å². The van der Waals surface area contributed by atoms with Crippen molar-refractivity contribution in [2.24, 2.45) is 0 Å². The summed E-state index contributed by atoms with van der Waals surface area (Å²) in [5.41, 5.74) is 1.17. The number of carbonyl (C=O) groups is 1. The molecule has 0 unspecified atom stereocenters. The number of benzene rings is 1. The lowest BCUT2D eigenvalue weighted by Crippen LogP contribution is -2.00. The molecule has 0 saturated heterocycles. The maximum absolute atomic E-state index is 11.7. The van der Waals surface area contributed by atoms with Gasteiger partial charge in [-0.05, 0) is 23.4 Å². The molecule has 0 bridgehead atoms. The summed E-state index contributed by atoms with van der Waals surface area (Å²) in [4.78, 5) is 12.5. The highest BCUT2D eigenvalue weighted by molar-refractivity contribution is 7.12. The first-order valence-corrected chi connectivity index (χ1v) is 6.92. The molecule has 1 heterocycles. The zero-order chi connectivity index (χ0) is 12.6. The van der Waals surface area contributed by atoms with Crippen LogP contribution in [0.4, 0.5) is 0 Å². The summed E-state index contributed by atoms with van der Waals surface area (Å²) in [6.45, 7) is 1.25. The monoisotopic (exact) mass is 260 g/mol. The van der Waals surface area contributed by atoms with Gasteiger partial charge in [0.15, 0.2) is 5.78 Å². The molecule has 0 aliphatic carbocycles. The topological polar surface area (TPSA) is 26.3 Å². The summed E-state index contributed by atoms with van der Waals surface area (Å²) in [6, 6.07) is 13.8. The third-order valence-corrected chi connectivity index (χ3v) is 3.51. The number of ketones is 1. The maximum atomic E-state index is 11.7. The van der Waals surface area contributed by atoms with Crippen LogP contribution in [0.3, 0.4) is 0 Å². The van der Waals surface area contributed by atoms with Gasteiger partial charge in [-0.2, -0.15) is 0 Å². The van der Waals surface area contributed by atoms with E-state index in [1.54, 1.807) is 0 Å². The van der Waals surface area contributed by atoms with E-state index >= 15 is 0 Å². The van der Waals surface area contributed by atoms with E-state index in [1.165, 1.54) is 16.9 Å². The number of carbonyl (C=O) groups excluding carboxylic acids is 1. The van der Waals surface area contributed by atoms with Crippen molar-refractivity contribution in [3.05, 3.63) is 58.3 Å². The second-order valence-corrected chi connectivity index (χ2v) is 4.99. The quantitative estimate of drug-likeness (QED) is 0.557. The fraction of sp³-hybridized carbons (Fsp3) is 0.267. The highest BCUT2D eigenvalue weighted by atomic mass is 32.1. The van der Waals surface area contributed by atoms with E-state index in [0.29, 0.717) is 19.6 Å². The normalized spacial score (nSPS) is 10.4. The Kier molecular flexibility index (Phi) is 5.12. The SMILES string of the molecule is O=C(CCCOCc1ccccc1)c1cccs1. The minimum absolute atomic E-state index is 0.216. The van der Waals surface area contributed by atoms with Gasteiger partial charge in [0.05, 0.1) is 11.5 Å². The van der Waals surface area contributed by atoms with Crippen LogP contribution >= 0.6 is 11.3 Å². The van der Waals surface area contributed by atoms with E-state index < -0.39 is 0 Å². The van der Waals surface area contributed by atoms with Crippen molar-refractivity contribution in [3.8, 4) is 0 Å². The third-order valence-electron chi connectivity index (χ3n) is 2.60. The molecule has 0 saturated carbocycles. The Bertz CT molecular complexity index is 463. The summed E-state index contributed by atoms with van der Waals surface area (Å²) in [5.74, 6) is 0.216. The van der Waals surface area contributed by atoms with E-state index in [0.717, 1.165) is 11.3 Å². The summed E-state index contributed by atoms with van der Waals surface area (Å²) < 4.78 is 5.54. The second-order valence-electron chi connectivity index (χ2n) is 4.04. The Morgan fingerprint density at radius 1 is 1.11 bits per heavy atom. The highest BCUT2D eigenvalue weighted by Crippen LogP contribution is 2.12. The average molecular weight is 260 g/mol. The Balaban J connectivity index is 1.61. The highest BCUT2D eigenvalue weighted by Gasteiger charge is 2.05. The van der Waals surface area contributed by atoms with Gasteiger partial charge >= 0.3 is 0 Å². The Labute approximate surface area is 111 Å². The number of Topliss-reactive ketones (excluding diaryl/α,β-unsaturated/α-hetero) is 1. The first-order valence-electron chi connectivity index (χ1n) is 6.04. The van der Waals surface area contributed by atoms with Crippen LogP contribution in [0.25, 0.3) is 0 Å². The maximum Gasteiger partial charge on any atom is 0.172 e. The number of hydrogen-bond acceptors (Lipinski definition) is 3. The van der Waals surface area contributed by atoms with E-state index in [2.05, 4.69) is 0 Å². The largest absolute Gasteiger partial charge is 0.377 e. The standard InChI is InChI=1S/C15H16O2S/c16-14(15-9-5-11-18-15)8-4-10-17-12-13-6-2-1-3-7-13/h1-3,5-7,9,11H,4,8,10,12H2. The van der Waals surface area contributed by atoms with E-state index in [1.807, 2.05) is 47.8 Å². The van der Waals surface area contributed by atoms with Gasteiger partial charge < -0.3 is 4.74 Å². The molecule has 0 aliphatic rings. The Morgan fingerprint density at radius 3 is 2.67 bits per heavy atom. The lowest BCUT2D eigenvalue weighted by molar-refractivity contribution is 0.0922. The van der Waals surface area contributed by atoms with E-state index in [-0.39, 0.29) is 5.78 Å². The smallest absolute Gasteiger partial charge is 0.172 e. The van der Waals surface area contributed by atoms with Crippen molar-refractivity contribution in [1.82, 2.24) is 0 Å². The molecule has 2 rings (SSSR count). The molecule has 0 spiro atoms. The molecule has 3 heteroatoms. The van der Waals surface area contributed by atoms with Crippen molar-refractivity contribution >= 4 is 17.1 Å². The van der Waals surface area contributed by atoms with Crippen LogP contribution in [-0.2, 0) is 11.3 Å². The Morgan fingerprint density at radius 2 is 1.94 bits per heavy atom. The zero-order valence-electron chi connectivity index (χ0n) is 10.2. The minimum Gasteiger partial charge on any atom is -0.377 e. The van der Waals surface area contributed by atoms with Crippen molar-refractivity contribution < 1.29 is 9.53 Å². The number of thiophene rings is 1. The fourth-order valence-electron chi connectivity index (χ4n) is 1.66. The number of hydrogen-bond donors (Lipinski definition) is 0. The van der Waals surface area contributed by atoms with Crippen LogP contribution in [0.15, 0.2) is 47.8 Å². The summed E-state index contributed by atoms with van der Waals surface area (Å²) in [7, 11) is 0. The van der Waals surface area contributed by atoms with E-state index in [4.69, 9.17) is 4.74 Å². The lowest BCUT2D eigenvalue weighted by atomic mass is 10.2.